The average molecular weight is 997 g/mol. The Bertz CT molecular complexity index is 1260. The summed E-state index contributed by atoms with van der Waals surface area (Å²) in [5, 5.41) is 45.8. The van der Waals surface area contributed by atoms with Gasteiger partial charge in [-0.3, -0.25) is 0 Å². The second-order valence-electron chi connectivity index (χ2n) is 18.1. The van der Waals surface area contributed by atoms with Crippen molar-refractivity contribution in [3.8, 4) is 12.1 Å². The molecule has 0 aromatic rings. The van der Waals surface area contributed by atoms with Gasteiger partial charge in [-0.25, -0.2) is 0 Å². The van der Waals surface area contributed by atoms with E-state index in [1.807, 2.05) is 0 Å². The zero-order valence-electron chi connectivity index (χ0n) is 38.1. The van der Waals surface area contributed by atoms with Crippen LogP contribution in [-0.2, 0) is 34.1 Å². The number of halogens is 1. The van der Waals surface area contributed by atoms with Gasteiger partial charge in [0.05, 0.1) is 27.0 Å². The van der Waals surface area contributed by atoms with Crippen molar-refractivity contribution in [1.29, 1.82) is 10.5 Å². The number of hydrogen-bond acceptors (Lipinski definition) is 8. The SMILES string of the molecule is C1=CC(CN(CC2CCCC[N-]2)CC2CCCC[N-]2)[N-]C(C2CCC(C3CCCC(CN(CC4CCCC[N-]4)CC4CCCC[N-]4)[N-]3)CC2)=C1.CC#N.CC#N.[Cu+2].[Cu+].[O-][Cl+3]([O-])([O-])O. The number of rotatable bonds is 14. The van der Waals surface area contributed by atoms with Crippen LogP contribution < -0.4 is 14.0 Å². The van der Waals surface area contributed by atoms with Gasteiger partial charge in [0.1, 0.15) is 0 Å². The third-order valence-electron chi connectivity index (χ3n) is 13.2. The van der Waals surface area contributed by atoms with Crippen molar-refractivity contribution in [2.75, 3.05) is 65.4 Å². The van der Waals surface area contributed by atoms with E-state index in [-0.39, 0.29) is 40.2 Å². The summed E-state index contributed by atoms with van der Waals surface area (Å²) in [6.07, 6.45) is 31.7. The monoisotopic (exact) mass is 994 g/mol. The van der Waals surface area contributed by atoms with Crippen molar-refractivity contribution >= 4 is 0 Å². The fourth-order valence-corrected chi connectivity index (χ4v) is 10.4. The van der Waals surface area contributed by atoms with Crippen LogP contribution in [-0.4, -0.2) is 122 Å². The topological polar surface area (TPSA) is 228 Å². The first kappa shape index (κ1) is 58.3. The third-order valence-corrected chi connectivity index (χ3v) is 13.2. The van der Waals surface area contributed by atoms with Gasteiger partial charge in [-0.15, -0.1) is 62.4 Å². The predicted octanol–water partition coefficient (Wildman–Crippen LogP) is 6.52. The van der Waals surface area contributed by atoms with E-state index in [1.165, 1.54) is 142 Å². The van der Waals surface area contributed by atoms with Crippen molar-refractivity contribution in [1.82, 2.24) is 9.80 Å². The van der Waals surface area contributed by atoms with E-state index in [0.29, 0.717) is 42.2 Å². The minimum atomic E-state index is -4.69. The molecule has 0 amide bonds. The van der Waals surface area contributed by atoms with Crippen LogP contribution in [0.4, 0.5) is 0 Å². The zero-order valence-corrected chi connectivity index (χ0v) is 40.7. The van der Waals surface area contributed by atoms with Gasteiger partial charge < -0.3 is 41.7 Å². The number of nitrogens with zero attached hydrogens (tertiary/aromatic N) is 10. The van der Waals surface area contributed by atoms with Crippen molar-refractivity contribution in [3.05, 3.63) is 55.8 Å². The summed E-state index contributed by atoms with van der Waals surface area (Å²) in [4.78, 5) is 5.44. The summed E-state index contributed by atoms with van der Waals surface area (Å²) < 4.78 is 32.7. The largest absolute Gasteiger partial charge is 2.00 e. The van der Waals surface area contributed by atoms with E-state index >= 15 is 0 Å². The number of nitriles is 2. The maximum atomic E-state index is 8.60. The molecule has 7 atom stereocenters. The molecule has 1 radical (unpaired) electrons. The van der Waals surface area contributed by atoms with Crippen LogP contribution in [0.15, 0.2) is 23.9 Å². The fraction of sp³-hybridized carbons (Fsp3) is 0.870. The summed E-state index contributed by atoms with van der Waals surface area (Å²) in [6, 6.07) is 6.86. The van der Waals surface area contributed by atoms with Gasteiger partial charge >= 0.3 is 34.1 Å². The molecule has 1 saturated carbocycles. The maximum Gasteiger partial charge on any atom is 2.00 e. The molecule has 1 N–H and O–H groups in total. The number of hydrogen-bond donors (Lipinski definition) is 1. The summed E-state index contributed by atoms with van der Waals surface area (Å²) in [7, 11) is -4.69. The summed E-state index contributed by atoms with van der Waals surface area (Å²) >= 11 is 0. The molecule has 5 saturated heterocycles. The Balaban J connectivity index is 0.000000948. The minimum Gasteiger partial charge on any atom is -0.681 e. The second-order valence-corrected chi connectivity index (χ2v) is 18.9. The Morgan fingerprint density at radius 2 is 0.984 bits per heavy atom. The second kappa shape index (κ2) is 33.6. The van der Waals surface area contributed by atoms with Crippen LogP contribution in [0.5, 0.6) is 0 Å². The molecule has 6 aliphatic heterocycles. The van der Waals surface area contributed by atoms with Crippen LogP contribution in [0.2, 0.25) is 0 Å². The van der Waals surface area contributed by atoms with Crippen molar-refractivity contribution in [2.45, 2.75) is 178 Å². The standard InChI is InChI=1S/C42H70N8.2C2H3N.ClHO4.2Cu/c1-5-23-43-35(11-1)27-49(28-36-12-2-6-24-44-36)31-39-15-9-17-41(47-39)33-19-21-34(22-20-33)42-18-10-16-40(48-42)32-50(29-37-13-3-7-25-45-37)30-38-14-4-8-26-46-38;2*1-2-3;2-1(3,4)5;;/h9,15,17,33-40,42H,1-8,10-14,16,18-32H2;2*1H3;(H,2,3,4,5);;/q-6;;;;+1;+2. The quantitative estimate of drug-likeness (QED) is 0.188. The Kier molecular flexibility index (Phi) is 31.1. The average Bonchev–Trinajstić information content (AvgIpc) is 3.25. The van der Waals surface area contributed by atoms with E-state index in [2.05, 4.69) is 28.0 Å². The molecule has 0 aromatic carbocycles. The Morgan fingerprint density at radius 1 is 0.603 bits per heavy atom. The smallest absolute Gasteiger partial charge is 0.681 e. The molecule has 0 spiro atoms. The first-order valence-corrected chi connectivity index (χ1v) is 25.0. The molecular formula is C46H77ClCu2N10O4-3. The molecule has 0 aromatic heterocycles. The Morgan fingerprint density at radius 3 is 1.38 bits per heavy atom. The van der Waals surface area contributed by atoms with Gasteiger partial charge in [-0.05, 0) is 58.0 Å². The molecule has 63 heavy (non-hydrogen) atoms. The van der Waals surface area contributed by atoms with Crippen LogP contribution in [0.25, 0.3) is 31.9 Å². The summed E-state index contributed by atoms with van der Waals surface area (Å²) in [5.74, 6) is 1.37. The van der Waals surface area contributed by atoms with Crippen LogP contribution >= 0.6 is 0 Å². The van der Waals surface area contributed by atoms with E-state index in [0.717, 1.165) is 71.4 Å². The van der Waals surface area contributed by atoms with Gasteiger partial charge in [-0.1, -0.05) is 139 Å². The molecule has 6 heterocycles. The first-order valence-electron chi connectivity index (χ1n) is 23.7. The molecule has 17 heteroatoms. The van der Waals surface area contributed by atoms with Gasteiger partial charge in [0.15, 0.2) is 0 Å². The molecule has 367 valence electrons. The fourth-order valence-electron chi connectivity index (χ4n) is 10.4. The van der Waals surface area contributed by atoms with Gasteiger partial charge in [0, 0.05) is 13.8 Å². The van der Waals surface area contributed by atoms with Crippen molar-refractivity contribution in [3.63, 3.8) is 0 Å². The van der Waals surface area contributed by atoms with Crippen LogP contribution in [0.1, 0.15) is 136 Å². The van der Waals surface area contributed by atoms with Crippen molar-refractivity contribution < 1.29 is 63.0 Å². The molecule has 7 unspecified atom stereocenters. The normalized spacial score (nSPS) is 30.9. The van der Waals surface area contributed by atoms with Gasteiger partial charge in [0.2, 0.25) is 0 Å². The van der Waals surface area contributed by atoms with E-state index in [4.69, 9.17) is 61.1 Å². The molecule has 0 bridgehead atoms. The van der Waals surface area contributed by atoms with Gasteiger partial charge in [-0.2, -0.15) is 30.2 Å². The van der Waals surface area contributed by atoms with E-state index in [1.54, 1.807) is 12.1 Å². The van der Waals surface area contributed by atoms with Crippen molar-refractivity contribution in [2.24, 2.45) is 11.8 Å². The molecule has 1 aliphatic carbocycles. The molecular weight excluding hydrogens is 919 g/mol. The minimum absolute atomic E-state index is 0. The van der Waals surface area contributed by atoms with Gasteiger partial charge in [0.25, 0.3) is 0 Å². The maximum absolute atomic E-state index is 8.60. The molecule has 14 nitrogen and oxygen atoms in total. The first-order chi connectivity index (χ1) is 29.6. The Hall–Kier alpha value is -0.851. The third kappa shape index (κ3) is 24.7. The molecule has 7 rings (SSSR count). The zero-order chi connectivity index (χ0) is 43.7. The number of allylic oxidation sites excluding steroid dienone is 3. The van der Waals surface area contributed by atoms with Crippen LogP contribution in [0.3, 0.4) is 0 Å². The summed E-state index contributed by atoms with van der Waals surface area (Å²) in [5.41, 5.74) is 1.37. The van der Waals surface area contributed by atoms with E-state index < -0.39 is 10.2 Å². The van der Waals surface area contributed by atoms with Crippen LogP contribution in [0, 0.1) is 44.7 Å². The number of piperidine rings is 5. The van der Waals surface area contributed by atoms with E-state index in [9.17, 15) is 0 Å². The molecule has 6 fully saturated rings. The predicted molar refractivity (Wildman–Crippen MR) is 236 cm³/mol. The Labute approximate surface area is 404 Å². The molecule has 7 aliphatic rings. The summed E-state index contributed by atoms with van der Waals surface area (Å²) in [6.45, 7) is 13.7.